The molecule has 0 N–H and O–H groups in total. The minimum absolute atomic E-state index is 0.0192. The van der Waals surface area contributed by atoms with Crippen molar-refractivity contribution in [2.45, 2.75) is 176 Å². The van der Waals surface area contributed by atoms with Crippen LogP contribution in [0.1, 0.15) is 188 Å². The van der Waals surface area contributed by atoms with E-state index in [0.717, 1.165) is 6.42 Å². The Hall–Kier alpha value is -1.56. The summed E-state index contributed by atoms with van der Waals surface area (Å²) in [6.45, 7) is 45.9. The van der Waals surface area contributed by atoms with Crippen LogP contribution in [0.4, 0.5) is 0 Å². The first-order valence-corrected chi connectivity index (χ1v) is 15.5. The van der Waals surface area contributed by atoms with Crippen LogP contribution in [-0.4, -0.2) is 0 Å². The molecule has 0 aliphatic rings. The van der Waals surface area contributed by atoms with Crippen LogP contribution in [-0.2, 0) is 32.5 Å². The van der Waals surface area contributed by atoms with Crippen molar-refractivity contribution in [2.24, 2.45) is 0 Å². The Kier molecular flexibility index (Phi) is 8.94. The summed E-state index contributed by atoms with van der Waals surface area (Å²) in [7, 11) is 0. The van der Waals surface area contributed by atoms with Gasteiger partial charge in [0.15, 0.2) is 0 Å². The predicted octanol–water partition coefficient (Wildman–Crippen LogP) is 12.0. The van der Waals surface area contributed by atoms with Crippen molar-refractivity contribution >= 4 is 0 Å². The molecule has 0 nitrogen and oxygen atoms in total. The van der Waals surface area contributed by atoms with Crippen molar-refractivity contribution in [3.63, 3.8) is 0 Å². The molecule has 39 heavy (non-hydrogen) atoms. The lowest BCUT2D eigenvalue weighted by Gasteiger charge is -2.43. The maximum atomic E-state index is 2.60. The molecule has 0 fully saturated rings. The van der Waals surface area contributed by atoms with Gasteiger partial charge in [-0.25, -0.2) is 0 Å². The third-order valence-electron chi connectivity index (χ3n) is 8.27. The van der Waals surface area contributed by atoms with Gasteiger partial charge >= 0.3 is 0 Å². The molecular weight excluding hydrogens is 468 g/mol. The lowest BCUT2D eigenvalue weighted by atomic mass is 9.61. The highest BCUT2D eigenvalue weighted by atomic mass is 14.4. The molecule has 1 unspecified atom stereocenters. The fourth-order valence-electron chi connectivity index (χ4n) is 6.75. The van der Waals surface area contributed by atoms with Crippen LogP contribution in [0.25, 0.3) is 0 Å². The van der Waals surface area contributed by atoms with Crippen molar-refractivity contribution in [3.05, 3.63) is 68.8 Å². The Balaban J connectivity index is 3.40. The minimum Gasteiger partial charge on any atom is -0.0645 e. The summed E-state index contributed by atoms with van der Waals surface area (Å²) in [5, 5.41) is 0. The van der Waals surface area contributed by atoms with Crippen LogP contribution in [0.3, 0.4) is 0 Å². The van der Waals surface area contributed by atoms with E-state index in [-0.39, 0.29) is 32.5 Å². The molecule has 1 atom stereocenters. The second-order valence-electron chi connectivity index (χ2n) is 18.4. The first kappa shape index (κ1) is 33.6. The number of rotatable bonds is 3. The number of benzene rings is 2. The quantitative estimate of drug-likeness (QED) is 0.369. The third kappa shape index (κ3) is 7.02. The molecule has 0 aromatic heterocycles. The van der Waals surface area contributed by atoms with Gasteiger partial charge in [0.05, 0.1) is 0 Å². The zero-order chi connectivity index (χ0) is 30.7. The molecule has 0 aliphatic carbocycles. The Morgan fingerprint density at radius 2 is 0.821 bits per heavy atom. The van der Waals surface area contributed by atoms with Crippen LogP contribution in [0.15, 0.2) is 24.3 Å². The highest BCUT2D eigenvalue weighted by Gasteiger charge is 2.40. The maximum Gasteiger partial charge on any atom is 0.00958 e. The molecule has 0 saturated carbocycles. The molecule has 0 spiro atoms. The van der Waals surface area contributed by atoms with Gasteiger partial charge in [-0.1, -0.05) is 156 Å². The van der Waals surface area contributed by atoms with E-state index >= 15 is 0 Å². The second kappa shape index (κ2) is 10.4. The molecule has 2 aromatic carbocycles. The van der Waals surface area contributed by atoms with Crippen molar-refractivity contribution in [3.8, 4) is 0 Å². The molecule has 2 aromatic rings. The van der Waals surface area contributed by atoms with E-state index in [1.54, 1.807) is 22.3 Å². The van der Waals surface area contributed by atoms with E-state index < -0.39 is 0 Å². The molecule has 0 heterocycles. The minimum atomic E-state index is 0.0192. The van der Waals surface area contributed by atoms with Gasteiger partial charge in [0.2, 0.25) is 0 Å². The zero-order valence-corrected chi connectivity index (χ0v) is 29.6. The van der Waals surface area contributed by atoms with E-state index in [1.165, 1.54) is 22.3 Å². The summed E-state index contributed by atoms with van der Waals surface area (Å²) in [6.07, 6.45) is 1.08. The lowest BCUT2D eigenvalue weighted by molar-refractivity contribution is 0.481. The Labute approximate surface area is 244 Å². The van der Waals surface area contributed by atoms with Crippen LogP contribution in [0.5, 0.6) is 0 Å². The maximum absolute atomic E-state index is 2.60. The predicted molar refractivity (Wildman–Crippen MR) is 177 cm³/mol. The van der Waals surface area contributed by atoms with Crippen LogP contribution >= 0.6 is 0 Å². The average Bonchev–Trinajstić information content (AvgIpc) is 2.68. The molecule has 2 rings (SSSR count). The molecule has 0 radical (unpaired) electrons. The van der Waals surface area contributed by atoms with E-state index in [0.29, 0.717) is 5.92 Å². The Morgan fingerprint density at radius 1 is 0.462 bits per heavy atom. The first-order chi connectivity index (χ1) is 17.1. The number of hydrogen-bond acceptors (Lipinski definition) is 0. The Bertz CT molecular complexity index is 1110. The molecule has 0 bridgehead atoms. The molecule has 0 aliphatic heterocycles. The lowest BCUT2D eigenvalue weighted by Crippen LogP contribution is -2.33. The van der Waals surface area contributed by atoms with Gasteiger partial charge in [0.1, 0.15) is 0 Å². The highest BCUT2D eigenvalue weighted by molar-refractivity contribution is 5.60. The molecule has 0 amide bonds. The second-order valence-corrected chi connectivity index (χ2v) is 18.4. The van der Waals surface area contributed by atoms with E-state index in [9.17, 15) is 0 Å². The normalized spacial score (nSPS) is 15.1. The largest absolute Gasteiger partial charge is 0.0645 e. The first-order valence-electron chi connectivity index (χ1n) is 15.5. The van der Waals surface area contributed by atoms with Gasteiger partial charge in [-0.05, 0) is 83.4 Å². The van der Waals surface area contributed by atoms with Crippen LogP contribution in [0, 0.1) is 0 Å². The topological polar surface area (TPSA) is 0 Å². The summed E-state index contributed by atoms with van der Waals surface area (Å²) in [6, 6.07) is 9.79. The monoisotopic (exact) mass is 533 g/mol. The fraction of sp³-hybridized carbons (Fsp3) is 0.692. The van der Waals surface area contributed by atoms with Gasteiger partial charge in [0, 0.05) is 5.92 Å². The molecule has 0 saturated heterocycles. The van der Waals surface area contributed by atoms with Crippen molar-refractivity contribution in [2.75, 3.05) is 0 Å². The van der Waals surface area contributed by atoms with E-state index in [1.807, 2.05) is 0 Å². The van der Waals surface area contributed by atoms with E-state index in [4.69, 9.17) is 0 Å². The van der Waals surface area contributed by atoms with Crippen molar-refractivity contribution < 1.29 is 0 Å². The SMILES string of the molecule is CCC(c1cccc(C(C)(C)C)c1C(C)(C)C)c1c(C(C)(C)C)c(C(C)(C)C)cc(C(C)(C)C)c1C(C)(C)C. The van der Waals surface area contributed by atoms with E-state index in [2.05, 4.69) is 156 Å². The van der Waals surface area contributed by atoms with Crippen molar-refractivity contribution in [1.29, 1.82) is 0 Å². The van der Waals surface area contributed by atoms with Gasteiger partial charge in [-0.2, -0.15) is 0 Å². The molecular formula is C39H64. The average molecular weight is 533 g/mol. The summed E-state index contributed by atoms with van der Waals surface area (Å²) in [4.78, 5) is 0. The molecule has 220 valence electrons. The summed E-state index contributed by atoms with van der Waals surface area (Å²) >= 11 is 0. The third-order valence-corrected chi connectivity index (χ3v) is 8.27. The van der Waals surface area contributed by atoms with Crippen LogP contribution < -0.4 is 0 Å². The zero-order valence-electron chi connectivity index (χ0n) is 29.6. The highest BCUT2D eigenvalue weighted by Crippen LogP contribution is 2.51. The van der Waals surface area contributed by atoms with Gasteiger partial charge in [0.25, 0.3) is 0 Å². The summed E-state index contributed by atoms with van der Waals surface area (Å²) in [5.41, 5.74) is 12.6. The van der Waals surface area contributed by atoms with Crippen LogP contribution in [0.2, 0.25) is 0 Å². The van der Waals surface area contributed by atoms with Gasteiger partial charge in [-0.15, -0.1) is 0 Å². The van der Waals surface area contributed by atoms with Gasteiger partial charge in [-0.3, -0.25) is 0 Å². The molecule has 0 heteroatoms. The summed E-state index contributed by atoms with van der Waals surface area (Å²) in [5.74, 6) is 0.327. The summed E-state index contributed by atoms with van der Waals surface area (Å²) < 4.78 is 0. The number of hydrogen-bond donors (Lipinski definition) is 0. The van der Waals surface area contributed by atoms with Gasteiger partial charge < -0.3 is 0 Å². The van der Waals surface area contributed by atoms with Crippen molar-refractivity contribution in [1.82, 2.24) is 0 Å². The standard InChI is InChI=1S/C39H64/c1-20-25(26-22-21-23-27(34(2,3)4)31(26)37(11,12)13)30-32(38(14,15)16)28(35(5,6)7)24-29(36(8,9)10)33(30)39(17,18)19/h21-25H,20H2,1-19H3. The Morgan fingerprint density at radius 3 is 1.10 bits per heavy atom. The fourth-order valence-corrected chi connectivity index (χ4v) is 6.75. The smallest absolute Gasteiger partial charge is 0.00958 e.